The van der Waals surface area contributed by atoms with E-state index in [0.29, 0.717) is 5.92 Å². The molecule has 3 aromatic rings. The van der Waals surface area contributed by atoms with Crippen LogP contribution in [-0.2, 0) is 6.54 Å². The van der Waals surface area contributed by atoms with Crippen LogP contribution in [0.25, 0.3) is 16.8 Å². The maximum Gasteiger partial charge on any atom is 0.0819 e. The molecule has 1 saturated heterocycles. The summed E-state index contributed by atoms with van der Waals surface area (Å²) < 4.78 is 0. The molecule has 2 heteroatoms. The molecular weight excluding hydrogens is 378 g/mol. The van der Waals surface area contributed by atoms with Gasteiger partial charge in [-0.25, -0.2) is 0 Å². The van der Waals surface area contributed by atoms with Crippen molar-refractivity contribution in [3.05, 3.63) is 88.5 Å². The van der Waals surface area contributed by atoms with Crippen molar-refractivity contribution in [1.82, 2.24) is 4.90 Å². The zero-order valence-electron chi connectivity index (χ0n) is 18.3. The topological polar surface area (TPSA) is 23.5 Å². The Morgan fingerprint density at radius 2 is 1.81 bits per heavy atom. The minimum Gasteiger partial charge on any atom is -0.388 e. The number of hydrogen-bond acceptors (Lipinski definition) is 2. The molecule has 2 fully saturated rings. The van der Waals surface area contributed by atoms with Crippen LogP contribution in [0.1, 0.15) is 59.1 Å². The van der Waals surface area contributed by atoms with Crippen molar-refractivity contribution >= 4 is 16.8 Å². The zero-order valence-corrected chi connectivity index (χ0v) is 18.3. The molecule has 31 heavy (non-hydrogen) atoms. The number of nitrogens with zero attached hydrogens (tertiary/aromatic N) is 1. The summed E-state index contributed by atoms with van der Waals surface area (Å²) in [4.78, 5) is 2.62. The number of likely N-dealkylation sites (tertiary alicyclic amines) is 1. The van der Waals surface area contributed by atoms with Gasteiger partial charge in [-0.3, -0.25) is 4.90 Å². The fourth-order valence-electron chi connectivity index (χ4n) is 5.88. The van der Waals surface area contributed by atoms with Crippen molar-refractivity contribution in [3.63, 3.8) is 0 Å². The first kappa shape index (κ1) is 19.3. The first-order chi connectivity index (χ1) is 15.2. The summed E-state index contributed by atoms with van der Waals surface area (Å²) in [7, 11) is 0. The Labute approximate surface area is 185 Å². The summed E-state index contributed by atoms with van der Waals surface area (Å²) in [5, 5.41) is 13.7. The van der Waals surface area contributed by atoms with Gasteiger partial charge < -0.3 is 5.11 Å². The third-order valence-corrected chi connectivity index (χ3v) is 7.85. The molecule has 0 spiro atoms. The lowest BCUT2D eigenvalue weighted by molar-refractivity contribution is 0.0568. The smallest absolute Gasteiger partial charge is 0.0819 e. The van der Waals surface area contributed by atoms with Crippen LogP contribution in [0.3, 0.4) is 0 Å². The fourth-order valence-corrected chi connectivity index (χ4v) is 5.88. The van der Waals surface area contributed by atoms with Crippen molar-refractivity contribution in [3.8, 4) is 0 Å². The van der Waals surface area contributed by atoms with Gasteiger partial charge in [0.25, 0.3) is 0 Å². The molecule has 2 nitrogen and oxygen atoms in total. The minimum atomic E-state index is -0.342. The van der Waals surface area contributed by atoms with E-state index in [1.807, 2.05) is 0 Å². The maximum atomic E-state index is 10.9. The molecule has 2 aliphatic carbocycles. The number of aliphatic hydroxyl groups is 1. The molecule has 0 bridgehead atoms. The predicted molar refractivity (Wildman–Crippen MR) is 128 cm³/mol. The van der Waals surface area contributed by atoms with Gasteiger partial charge in [0.2, 0.25) is 0 Å². The second kappa shape index (κ2) is 7.62. The zero-order chi connectivity index (χ0) is 20.9. The second-order valence-corrected chi connectivity index (χ2v) is 9.91. The van der Waals surface area contributed by atoms with E-state index in [0.717, 1.165) is 49.9 Å². The number of hydrogen-bond donors (Lipinski definition) is 1. The van der Waals surface area contributed by atoms with Crippen LogP contribution in [0.4, 0.5) is 0 Å². The molecule has 0 amide bonds. The van der Waals surface area contributed by atoms with Gasteiger partial charge >= 0.3 is 0 Å². The standard InChI is InChI=1S/C29H31NO/c1-19-6-8-20(9-7-19)29(31)21-12-14-30(15-13-21)18-27-25-5-3-2-4-22(25)16-24-11-10-23-17-26(23)28(24)27/h2-11,16,21,23,26,29,31H,12-15,17-18H2,1H3. The molecule has 3 unspecified atom stereocenters. The van der Waals surface area contributed by atoms with Crippen molar-refractivity contribution in [2.75, 3.05) is 13.1 Å². The average molecular weight is 410 g/mol. The monoisotopic (exact) mass is 409 g/mol. The van der Waals surface area contributed by atoms with Gasteiger partial charge in [-0.15, -0.1) is 0 Å². The Balaban J connectivity index is 1.22. The van der Waals surface area contributed by atoms with E-state index in [1.165, 1.54) is 28.3 Å². The fraction of sp³-hybridized carbons (Fsp3) is 0.379. The molecule has 0 radical (unpaired) electrons. The van der Waals surface area contributed by atoms with Crippen molar-refractivity contribution in [2.24, 2.45) is 11.8 Å². The highest BCUT2D eigenvalue weighted by atomic mass is 16.3. The third-order valence-electron chi connectivity index (χ3n) is 7.85. The summed E-state index contributed by atoms with van der Waals surface area (Å²) in [6.45, 7) is 5.26. The average Bonchev–Trinajstić information content (AvgIpc) is 3.59. The maximum absolute atomic E-state index is 10.9. The van der Waals surface area contributed by atoms with E-state index < -0.39 is 0 Å². The van der Waals surface area contributed by atoms with Crippen LogP contribution in [0.5, 0.6) is 0 Å². The highest BCUT2D eigenvalue weighted by Gasteiger charge is 2.41. The molecule has 1 N–H and O–H groups in total. The van der Waals surface area contributed by atoms with E-state index in [1.54, 1.807) is 11.1 Å². The third kappa shape index (κ3) is 3.52. The van der Waals surface area contributed by atoms with E-state index >= 15 is 0 Å². The summed E-state index contributed by atoms with van der Waals surface area (Å²) in [6.07, 6.45) is 7.89. The van der Waals surface area contributed by atoms with Gasteiger partial charge in [-0.05, 0) is 96.1 Å². The molecule has 3 aliphatic rings. The van der Waals surface area contributed by atoms with Gasteiger partial charge in [0.15, 0.2) is 0 Å². The first-order valence-corrected chi connectivity index (χ1v) is 11.9. The lowest BCUT2D eigenvalue weighted by Crippen LogP contribution is -2.35. The SMILES string of the molecule is Cc1ccc(C(O)C2CCN(Cc3c4c(cc5ccccc35)C=CC3CC43)CC2)cc1. The van der Waals surface area contributed by atoms with Gasteiger partial charge in [-0.2, -0.15) is 0 Å². The van der Waals surface area contributed by atoms with Crippen LogP contribution in [0, 0.1) is 18.8 Å². The first-order valence-electron chi connectivity index (χ1n) is 11.9. The molecule has 158 valence electrons. The minimum absolute atomic E-state index is 0.342. The Kier molecular flexibility index (Phi) is 4.74. The number of aliphatic hydroxyl groups excluding tert-OH is 1. The van der Waals surface area contributed by atoms with Crippen LogP contribution in [0.15, 0.2) is 60.7 Å². The van der Waals surface area contributed by atoms with Crippen LogP contribution in [0.2, 0.25) is 0 Å². The molecule has 1 aliphatic heterocycles. The molecule has 1 saturated carbocycles. The summed E-state index contributed by atoms with van der Waals surface area (Å²) in [5.74, 6) is 1.86. The number of allylic oxidation sites excluding steroid dienone is 1. The van der Waals surface area contributed by atoms with E-state index in [2.05, 4.69) is 78.6 Å². The lowest BCUT2D eigenvalue weighted by Gasteiger charge is -2.35. The van der Waals surface area contributed by atoms with Crippen molar-refractivity contribution in [2.45, 2.75) is 44.8 Å². The van der Waals surface area contributed by atoms with Gasteiger partial charge in [0, 0.05) is 6.54 Å². The Morgan fingerprint density at radius 1 is 1.03 bits per heavy atom. The normalized spacial score (nSPS) is 24.1. The summed E-state index contributed by atoms with van der Waals surface area (Å²) in [6, 6.07) is 19.7. The van der Waals surface area contributed by atoms with E-state index in [4.69, 9.17) is 0 Å². The van der Waals surface area contributed by atoms with Crippen LogP contribution >= 0.6 is 0 Å². The summed E-state index contributed by atoms with van der Waals surface area (Å²) >= 11 is 0. The number of rotatable bonds is 4. The van der Waals surface area contributed by atoms with Gasteiger partial charge in [0.05, 0.1) is 6.10 Å². The number of benzene rings is 3. The number of aryl methyl sites for hydroxylation is 1. The van der Waals surface area contributed by atoms with Crippen molar-refractivity contribution in [1.29, 1.82) is 0 Å². The Hall–Kier alpha value is -2.42. The molecule has 1 heterocycles. The number of fused-ring (bicyclic) bond motifs is 4. The second-order valence-electron chi connectivity index (χ2n) is 9.91. The highest BCUT2D eigenvalue weighted by molar-refractivity contribution is 5.90. The quantitative estimate of drug-likeness (QED) is 0.553. The van der Waals surface area contributed by atoms with E-state index in [-0.39, 0.29) is 6.10 Å². The van der Waals surface area contributed by atoms with Crippen LogP contribution in [-0.4, -0.2) is 23.1 Å². The van der Waals surface area contributed by atoms with Gasteiger partial charge in [-0.1, -0.05) is 66.2 Å². The molecule has 0 aromatic heterocycles. The molecule has 3 aromatic carbocycles. The lowest BCUT2D eigenvalue weighted by atomic mass is 9.85. The number of piperidine rings is 1. The molecule has 6 rings (SSSR count). The van der Waals surface area contributed by atoms with E-state index in [9.17, 15) is 5.11 Å². The Bertz CT molecular complexity index is 1140. The van der Waals surface area contributed by atoms with Gasteiger partial charge in [0.1, 0.15) is 0 Å². The highest BCUT2D eigenvalue weighted by Crippen LogP contribution is 2.55. The largest absolute Gasteiger partial charge is 0.388 e. The predicted octanol–water partition coefficient (Wildman–Crippen LogP) is 6.22. The van der Waals surface area contributed by atoms with Crippen molar-refractivity contribution < 1.29 is 5.11 Å². The molecular formula is C29H31NO. The summed E-state index contributed by atoms with van der Waals surface area (Å²) in [5.41, 5.74) is 6.93. The Morgan fingerprint density at radius 3 is 2.61 bits per heavy atom. The molecule has 3 atom stereocenters. The van der Waals surface area contributed by atoms with Crippen LogP contribution < -0.4 is 0 Å².